The fourth-order valence-corrected chi connectivity index (χ4v) is 3.24. The molecule has 1 amide bonds. The minimum absolute atomic E-state index is 0.00116. The molecule has 1 aliphatic rings. The van der Waals surface area contributed by atoms with Crippen LogP contribution in [0.2, 0.25) is 0 Å². The number of nitrogens with two attached hydrogens (primary N) is 1. The first-order chi connectivity index (χ1) is 10.1. The summed E-state index contributed by atoms with van der Waals surface area (Å²) >= 11 is 1.38. The van der Waals surface area contributed by atoms with Gasteiger partial charge < -0.3 is 15.5 Å². The summed E-state index contributed by atoms with van der Waals surface area (Å²) < 4.78 is 12.9. The van der Waals surface area contributed by atoms with Crippen molar-refractivity contribution in [2.75, 3.05) is 36.8 Å². The number of carbonyl (C=O) groups is 1. The second kappa shape index (κ2) is 5.73. The molecule has 110 valence electrons. The van der Waals surface area contributed by atoms with Crippen LogP contribution in [0.25, 0.3) is 0 Å². The van der Waals surface area contributed by atoms with Crippen LogP contribution < -0.4 is 10.6 Å². The predicted molar refractivity (Wildman–Crippen MR) is 83.2 cm³/mol. The Hall–Kier alpha value is -2.08. The Morgan fingerprint density at radius 3 is 2.33 bits per heavy atom. The lowest BCUT2D eigenvalue weighted by Gasteiger charge is -2.36. The van der Waals surface area contributed by atoms with Gasteiger partial charge in [0.2, 0.25) is 0 Å². The largest absolute Gasteiger partial charge is 0.397 e. The van der Waals surface area contributed by atoms with Crippen molar-refractivity contribution >= 4 is 28.6 Å². The molecule has 0 saturated carbocycles. The number of nitrogen functional groups attached to an aromatic ring is 1. The van der Waals surface area contributed by atoms with Crippen molar-refractivity contribution in [1.29, 1.82) is 0 Å². The zero-order chi connectivity index (χ0) is 14.8. The lowest BCUT2D eigenvalue weighted by molar-refractivity contribution is 0.0752. The third-order valence-electron chi connectivity index (χ3n) is 3.65. The standard InChI is InChI=1S/C15H16FN3OS/c16-11-1-3-12(4-2-11)18-6-8-19(9-7-18)15(20)14-13(17)5-10-21-14/h1-5,10H,6-9,17H2. The van der Waals surface area contributed by atoms with Crippen LogP contribution in [0.4, 0.5) is 15.8 Å². The quantitative estimate of drug-likeness (QED) is 0.927. The van der Waals surface area contributed by atoms with Gasteiger partial charge in [0.15, 0.2) is 0 Å². The lowest BCUT2D eigenvalue weighted by Crippen LogP contribution is -2.48. The van der Waals surface area contributed by atoms with E-state index in [1.807, 2.05) is 10.3 Å². The minimum atomic E-state index is -0.235. The van der Waals surface area contributed by atoms with E-state index in [2.05, 4.69) is 4.90 Å². The second-order valence-electron chi connectivity index (χ2n) is 4.96. The molecule has 0 aliphatic carbocycles. The Labute approximate surface area is 126 Å². The van der Waals surface area contributed by atoms with Gasteiger partial charge in [-0.3, -0.25) is 4.79 Å². The van der Waals surface area contributed by atoms with Gasteiger partial charge in [-0.15, -0.1) is 11.3 Å². The number of benzene rings is 1. The molecule has 4 nitrogen and oxygen atoms in total. The van der Waals surface area contributed by atoms with Crippen molar-refractivity contribution in [3.8, 4) is 0 Å². The van der Waals surface area contributed by atoms with Gasteiger partial charge in [0.25, 0.3) is 5.91 Å². The molecule has 1 aromatic heterocycles. The molecular weight excluding hydrogens is 289 g/mol. The summed E-state index contributed by atoms with van der Waals surface area (Å²) in [6.45, 7) is 2.77. The third kappa shape index (κ3) is 2.85. The molecule has 0 bridgehead atoms. The Morgan fingerprint density at radius 1 is 1.10 bits per heavy atom. The maximum Gasteiger partial charge on any atom is 0.266 e. The van der Waals surface area contributed by atoms with Crippen molar-refractivity contribution < 1.29 is 9.18 Å². The first-order valence-electron chi connectivity index (χ1n) is 6.78. The number of hydrogen-bond donors (Lipinski definition) is 1. The molecule has 3 rings (SSSR count). The van der Waals surface area contributed by atoms with Crippen LogP contribution in [0.1, 0.15) is 9.67 Å². The molecule has 0 atom stereocenters. The van der Waals surface area contributed by atoms with Crippen LogP contribution in [0, 0.1) is 5.82 Å². The number of anilines is 2. The Balaban J connectivity index is 1.64. The van der Waals surface area contributed by atoms with Crippen LogP contribution in [-0.2, 0) is 0 Å². The SMILES string of the molecule is Nc1ccsc1C(=O)N1CCN(c2ccc(F)cc2)CC1. The van der Waals surface area contributed by atoms with Crippen molar-refractivity contribution in [1.82, 2.24) is 4.90 Å². The number of thiophene rings is 1. The van der Waals surface area contributed by atoms with Crippen molar-refractivity contribution in [2.24, 2.45) is 0 Å². The molecule has 0 radical (unpaired) electrons. The van der Waals surface area contributed by atoms with Gasteiger partial charge in [0.1, 0.15) is 10.7 Å². The fourth-order valence-electron chi connectivity index (χ4n) is 2.46. The van der Waals surface area contributed by atoms with E-state index in [-0.39, 0.29) is 11.7 Å². The van der Waals surface area contributed by atoms with Crippen LogP contribution in [0.3, 0.4) is 0 Å². The topological polar surface area (TPSA) is 49.6 Å². The molecule has 0 spiro atoms. The zero-order valence-electron chi connectivity index (χ0n) is 11.5. The fraction of sp³-hybridized carbons (Fsp3) is 0.267. The number of carbonyl (C=O) groups excluding carboxylic acids is 1. The van der Waals surface area contributed by atoms with E-state index in [9.17, 15) is 9.18 Å². The molecular formula is C15H16FN3OS. The van der Waals surface area contributed by atoms with Gasteiger partial charge in [0.05, 0.1) is 5.69 Å². The molecule has 1 aliphatic heterocycles. The first-order valence-corrected chi connectivity index (χ1v) is 7.66. The van der Waals surface area contributed by atoms with Gasteiger partial charge in [-0.1, -0.05) is 0 Å². The van der Waals surface area contributed by atoms with E-state index in [0.29, 0.717) is 23.7 Å². The van der Waals surface area contributed by atoms with Crippen molar-refractivity contribution in [3.63, 3.8) is 0 Å². The van der Waals surface area contributed by atoms with Gasteiger partial charge in [-0.05, 0) is 35.7 Å². The predicted octanol–water partition coefficient (Wildman–Crippen LogP) is 2.43. The van der Waals surface area contributed by atoms with Crippen LogP contribution in [0.15, 0.2) is 35.7 Å². The average molecular weight is 305 g/mol. The number of hydrogen-bond acceptors (Lipinski definition) is 4. The Bertz CT molecular complexity index is 633. The smallest absolute Gasteiger partial charge is 0.266 e. The Kier molecular flexibility index (Phi) is 3.79. The molecule has 1 saturated heterocycles. The van der Waals surface area contributed by atoms with E-state index in [1.54, 1.807) is 18.2 Å². The molecule has 1 fully saturated rings. The molecule has 0 unspecified atom stereocenters. The van der Waals surface area contributed by atoms with E-state index in [1.165, 1.54) is 23.5 Å². The number of halogens is 1. The minimum Gasteiger partial charge on any atom is -0.397 e. The van der Waals surface area contributed by atoms with E-state index in [0.717, 1.165) is 18.8 Å². The first kappa shape index (κ1) is 13.9. The summed E-state index contributed by atoms with van der Waals surface area (Å²) in [5, 5.41) is 1.83. The third-order valence-corrected chi connectivity index (χ3v) is 4.57. The second-order valence-corrected chi connectivity index (χ2v) is 5.88. The zero-order valence-corrected chi connectivity index (χ0v) is 12.3. The highest BCUT2D eigenvalue weighted by Crippen LogP contribution is 2.23. The molecule has 1 aromatic carbocycles. The maximum atomic E-state index is 12.9. The highest BCUT2D eigenvalue weighted by molar-refractivity contribution is 7.12. The summed E-state index contributed by atoms with van der Waals surface area (Å²) in [7, 11) is 0. The molecule has 6 heteroatoms. The molecule has 2 N–H and O–H groups in total. The maximum absolute atomic E-state index is 12.9. The lowest BCUT2D eigenvalue weighted by atomic mass is 10.2. The van der Waals surface area contributed by atoms with Crippen LogP contribution in [-0.4, -0.2) is 37.0 Å². The summed E-state index contributed by atoms with van der Waals surface area (Å²) in [6, 6.07) is 8.21. The average Bonchev–Trinajstić information content (AvgIpc) is 2.94. The van der Waals surface area contributed by atoms with Gasteiger partial charge in [-0.25, -0.2) is 4.39 Å². The highest BCUT2D eigenvalue weighted by atomic mass is 32.1. The van der Waals surface area contributed by atoms with Gasteiger partial charge in [0, 0.05) is 31.9 Å². The number of nitrogens with zero attached hydrogens (tertiary/aromatic N) is 2. The van der Waals surface area contributed by atoms with Crippen LogP contribution >= 0.6 is 11.3 Å². The molecule has 2 heterocycles. The summed E-state index contributed by atoms with van der Waals surface area (Å²) in [6.07, 6.45) is 0. The van der Waals surface area contributed by atoms with E-state index >= 15 is 0 Å². The summed E-state index contributed by atoms with van der Waals surface area (Å²) in [5.74, 6) is -0.234. The van der Waals surface area contributed by atoms with Gasteiger partial charge in [-0.2, -0.15) is 0 Å². The highest BCUT2D eigenvalue weighted by Gasteiger charge is 2.24. The summed E-state index contributed by atoms with van der Waals surface area (Å²) in [5.41, 5.74) is 7.33. The van der Waals surface area contributed by atoms with Crippen LogP contribution in [0.5, 0.6) is 0 Å². The van der Waals surface area contributed by atoms with Crippen molar-refractivity contribution in [2.45, 2.75) is 0 Å². The summed E-state index contributed by atoms with van der Waals surface area (Å²) in [4.78, 5) is 16.9. The monoisotopic (exact) mass is 305 g/mol. The van der Waals surface area contributed by atoms with Crippen molar-refractivity contribution in [3.05, 3.63) is 46.4 Å². The Morgan fingerprint density at radius 2 is 1.76 bits per heavy atom. The van der Waals surface area contributed by atoms with E-state index < -0.39 is 0 Å². The number of piperazine rings is 1. The molecule has 2 aromatic rings. The molecule has 21 heavy (non-hydrogen) atoms. The van der Waals surface area contributed by atoms with E-state index in [4.69, 9.17) is 5.73 Å². The van der Waals surface area contributed by atoms with Gasteiger partial charge >= 0.3 is 0 Å². The number of amides is 1. The normalized spacial score (nSPS) is 15.3. The number of rotatable bonds is 2.